The van der Waals surface area contributed by atoms with Gasteiger partial charge in [0.25, 0.3) is 0 Å². The molecule has 8 nitrogen and oxygen atoms in total. The lowest BCUT2D eigenvalue weighted by molar-refractivity contribution is -0.139. The molecule has 0 aliphatic rings. The zero-order valence-electron chi connectivity index (χ0n) is 10.5. The summed E-state index contributed by atoms with van der Waals surface area (Å²) in [6.07, 6.45) is -0.224. The molecule has 1 aromatic carbocycles. The largest absolute Gasteiger partial charge is 0.481 e. The molecular formula is C12H16N2O6. The molecule has 1 atom stereocenters. The van der Waals surface area contributed by atoms with E-state index in [0.29, 0.717) is 5.69 Å². The Morgan fingerprint density at radius 1 is 1.05 bits per heavy atom. The molecule has 1 unspecified atom stereocenters. The summed E-state index contributed by atoms with van der Waals surface area (Å²) in [6.45, 7) is 0. The number of nitrogens with two attached hydrogens (primary N) is 2. The summed E-state index contributed by atoms with van der Waals surface area (Å²) in [5.41, 5.74) is 11.2. The number of anilines is 1. The maximum atomic E-state index is 10.3. The van der Waals surface area contributed by atoms with E-state index >= 15 is 0 Å². The highest BCUT2D eigenvalue weighted by atomic mass is 16.4. The van der Waals surface area contributed by atoms with Gasteiger partial charge >= 0.3 is 17.9 Å². The van der Waals surface area contributed by atoms with Gasteiger partial charge in [-0.3, -0.25) is 9.59 Å². The predicted molar refractivity (Wildman–Crippen MR) is 70.3 cm³/mol. The third-order valence-electron chi connectivity index (χ3n) is 2.14. The predicted octanol–water partition coefficient (Wildman–Crippen LogP) is 0.230. The van der Waals surface area contributed by atoms with Crippen LogP contribution in [0, 0.1) is 0 Å². The number of benzene rings is 1. The Kier molecular flexibility index (Phi) is 7.38. The Morgan fingerprint density at radius 3 is 1.90 bits per heavy atom. The minimum Gasteiger partial charge on any atom is -0.481 e. The van der Waals surface area contributed by atoms with Crippen LogP contribution in [0.1, 0.15) is 23.2 Å². The van der Waals surface area contributed by atoms with Crippen LogP contribution in [0.5, 0.6) is 0 Å². The van der Waals surface area contributed by atoms with Gasteiger partial charge in [-0.25, -0.2) is 4.79 Å². The summed E-state index contributed by atoms with van der Waals surface area (Å²) in [5, 5.41) is 24.7. The molecule has 0 amide bonds. The van der Waals surface area contributed by atoms with Crippen molar-refractivity contribution < 1.29 is 29.7 Å². The average molecular weight is 284 g/mol. The van der Waals surface area contributed by atoms with Crippen LogP contribution in [0.15, 0.2) is 24.3 Å². The first-order valence-electron chi connectivity index (χ1n) is 5.53. The van der Waals surface area contributed by atoms with E-state index in [9.17, 15) is 14.4 Å². The van der Waals surface area contributed by atoms with Crippen LogP contribution in [0.25, 0.3) is 0 Å². The monoisotopic (exact) mass is 284 g/mol. The highest BCUT2D eigenvalue weighted by Crippen LogP contribution is 2.04. The van der Waals surface area contributed by atoms with Gasteiger partial charge in [0.2, 0.25) is 0 Å². The molecule has 0 aliphatic carbocycles. The number of carbonyl (C=O) groups is 3. The first-order chi connectivity index (χ1) is 9.23. The topological polar surface area (TPSA) is 164 Å². The quantitative estimate of drug-likeness (QED) is 0.479. The summed E-state index contributed by atoms with van der Waals surface area (Å²) in [6, 6.07) is 5.00. The summed E-state index contributed by atoms with van der Waals surface area (Å²) in [5.74, 6) is -3.13. The third kappa shape index (κ3) is 7.67. The van der Waals surface area contributed by atoms with E-state index in [1.807, 2.05) is 0 Å². The fraction of sp³-hybridized carbons (Fsp3) is 0.250. The maximum Gasteiger partial charge on any atom is 0.335 e. The van der Waals surface area contributed by atoms with Gasteiger partial charge in [-0.15, -0.1) is 0 Å². The van der Waals surface area contributed by atoms with Crippen molar-refractivity contribution in [3.8, 4) is 0 Å². The van der Waals surface area contributed by atoms with Crippen molar-refractivity contribution in [3.05, 3.63) is 29.8 Å². The number of rotatable bonds is 5. The highest BCUT2D eigenvalue weighted by Gasteiger charge is 2.12. The second kappa shape index (κ2) is 8.48. The zero-order valence-corrected chi connectivity index (χ0v) is 10.5. The van der Waals surface area contributed by atoms with Gasteiger partial charge in [-0.05, 0) is 30.7 Å². The van der Waals surface area contributed by atoms with Gasteiger partial charge in [-0.2, -0.15) is 0 Å². The number of carboxylic acid groups (broad SMARTS) is 3. The Bertz CT molecular complexity index is 471. The number of hydrogen-bond donors (Lipinski definition) is 5. The first kappa shape index (κ1) is 17.4. The minimum absolute atomic E-state index is 0.0231. The van der Waals surface area contributed by atoms with E-state index in [-0.39, 0.29) is 18.4 Å². The molecule has 20 heavy (non-hydrogen) atoms. The molecule has 0 aliphatic heterocycles. The molecule has 0 bridgehead atoms. The number of aliphatic carboxylic acids is 2. The molecule has 0 fully saturated rings. The Hall–Kier alpha value is -2.61. The van der Waals surface area contributed by atoms with E-state index in [4.69, 9.17) is 26.8 Å². The second-order valence-corrected chi connectivity index (χ2v) is 3.80. The lowest BCUT2D eigenvalue weighted by Crippen LogP contribution is -2.30. The van der Waals surface area contributed by atoms with Crippen molar-refractivity contribution in [2.24, 2.45) is 5.73 Å². The van der Waals surface area contributed by atoms with Crippen molar-refractivity contribution in [3.63, 3.8) is 0 Å². The summed E-state index contributed by atoms with van der Waals surface area (Å²) >= 11 is 0. The van der Waals surface area contributed by atoms with E-state index < -0.39 is 23.9 Å². The van der Waals surface area contributed by atoms with Crippen molar-refractivity contribution in [2.75, 3.05) is 5.73 Å². The average Bonchev–Trinajstić information content (AvgIpc) is 2.37. The normalized spacial score (nSPS) is 10.8. The van der Waals surface area contributed by atoms with Crippen molar-refractivity contribution in [1.82, 2.24) is 0 Å². The highest BCUT2D eigenvalue weighted by molar-refractivity contribution is 5.87. The molecule has 7 N–H and O–H groups in total. The van der Waals surface area contributed by atoms with Crippen molar-refractivity contribution in [1.29, 1.82) is 0 Å². The molecule has 1 aromatic rings. The number of carboxylic acids is 3. The van der Waals surface area contributed by atoms with Crippen LogP contribution in [-0.2, 0) is 9.59 Å². The van der Waals surface area contributed by atoms with E-state index in [1.54, 1.807) is 12.1 Å². The number of hydrogen-bond acceptors (Lipinski definition) is 5. The molecule has 1 rings (SSSR count). The lowest BCUT2D eigenvalue weighted by Gasteiger charge is -2.01. The van der Waals surface area contributed by atoms with E-state index in [2.05, 4.69) is 0 Å². The molecule has 0 saturated carbocycles. The molecule has 0 saturated heterocycles. The van der Waals surface area contributed by atoms with Gasteiger partial charge in [0.1, 0.15) is 6.04 Å². The Morgan fingerprint density at radius 2 is 1.55 bits per heavy atom. The third-order valence-corrected chi connectivity index (χ3v) is 2.14. The molecule has 8 heteroatoms. The molecule has 0 radical (unpaired) electrons. The fourth-order valence-corrected chi connectivity index (χ4v) is 1.03. The van der Waals surface area contributed by atoms with Crippen molar-refractivity contribution in [2.45, 2.75) is 18.9 Å². The van der Waals surface area contributed by atoms with Crippen molar-refractivity contribution >= 4 is 23.6 Å². The standard InChI is InChI=1S/C7H7NO2.C5H9NO4/c8-6-3-1-5(2-4-6)7(9)10;6-3(5(9)10)1-2-4(7)8/h1-4H,8H2,(H,9,10);3H,1-2,6H2,(H,7,8)(H,9,10). The molecule has 0 heterocycles. The van der Waals surface area contributed by atoms with Crippen LogP contribution in [0.4, 0.5) is 5.69 Å². The summed E-state index contributed by atoms with van der Waals surface area (Å²) in [7, 11) is 0. The first-order valence-corrected chi connectivity index (χ1v) is 5.53. The lowest BCUT2D eigenvalue weighted by atomic mass is 10.2. The molecule has 110 valence electrons. The Balaban J connectivity index is 0.000000361. The van der Waals surface area contributed by atoms with Crippen LogP contribution >= 0.6 is 0 Å². The molecule has 0 aromatic heterocycles. The van der Waals surface area contributed by atoms with Crippen LogP contribution in [-0.4, -0.2) is 39.3 Å². The van der Waals surface area contributed by atoms with E-state index in [0.717, 1.165) is 0 Å². The zero-order chi connectivity index (χ0) is 15.7. The fourth-order valence-electron chi connectivity index (χ4n) is 1.03. The second-order valence-electron chi connectivity index (χ2n) is 3.80. The van der Waals surface area contributed by atoms with Gasteiger partial charge in [0.05, 0.1) is 5.56 Å². The number of aromatic carboxylic acids is 1. The van der Waals surface area contributed by atoms with Crippen LogP contribution in [0.3, 0.4) is 0 Å². The van der Waals surface area contributed by atoms with Gasteiger partial charge in [0, 0.05) is 12.1 Å². The van der Waals surface area contributed by atoms with Gasteiger partial charge in [0.15, 0.2) is 0 Å². The number of nitrogen functional groups attached to an aromatic ring is 1. The summed E-state index contributed by atoms with van der Waals surface area (Å²) in [4.78, 5) is 30.1. The summed E-state index contributed by atoms with van der Waals surface area (Å²) < 4.78 is 0. The van der Waals surface area contributed by atoms with Crippen LogP contribution < -0.4 is 11.5 Å². The van der Waals surface area contributed by atoms with Gasteiger partial charge < -0.3 is 26.8 Å². The molecular weight excluding hydrogens is 268 g/mol. The van der Waals surface area contributed by atoms with E-state index in [1.165, 1.54) is 12.1 Å². The smallest absolute Gasteiger partial charge is 0.335 e. The Labute approximate surface area is 114 Å². The maximum absolute atomic E-state index is 10.3. The minimum atomic E-state index is -1.17. The van der Waals surface area contributed by atoms with Crippen LogP contribution in [0.2, 0.25) is 0 Å². The SMILES string of the molecule is NC(CCC(=O)O)C(=O)O.Nc1ccc(C(=O)O)cc1. The van der Waals surface area contributed by atoms with Gasteiger partial charge in [-0.1, -0.05) is 0 Å². The molecule has 0 spiro atoms.